The number of unbranched alkanes of at least 4 members (excludes halogenated alkanes) is 11. The number of carbonyl (C=O) groups is 2. The molecule has 0 aromatic heterocycles. The first-order valence-electron chi connectivity index (χ1n) is 22.4. The molecule has 0 aliphatic heterocycles. The van der Waals surface area contributed by atoms with Crippen LogP contribution in [0.4, 0.5) is 0 Å². The molecule has 0 fully saturated rings. The molecule has 0 saturated carbocycles. The Kier molecular flexibility index (Phi) is 37.4. The molecule has 59 heavy (non-hydrogen) atoms. The molecule has 0 saturated heterocycles. The number of hydrogen-bond donors (Lipinski definition) is 2. The average Bonchev–Trinajstić information content (AvgIpc) is 3.18. The molecule has 0 aliphatic carbocycles. The molecule has 0 heterocycles. The maximum absolute atomic E-state index is 12.7. The van der Waals surface area contributed by atoms with Gasteiger partial charge in [-0.05, 0) is 77.0 Å². The molecule has 0 spiro atoms. The van der Waals surface area contributed by atoms with Gasteiger partial charge in [0.15, 0.2) is 6.10 Å². The van der Waals surface area contributed by atoms with Crippen LogP contribution in [0.3, 0.4) is 0 Å². The Bertz CT molecular complexity index is 1300. The van der Waals surface area contributed by atoms with Gasteiger partial charge in [0, 0.05) is 12.8 Å². The number of allylic oxidation sites excluding steroid dienone is 12. The van der Waals surface area contributed by atoms with Crippen LogP contribution in [-0.2, 0) is 32.7 Å². The van der Waals surface area contributed by atoms with Crippen LogP contribution in [0, 0.1) is 0 Å². The molecule has 0 amide bonds. The zero-order valence-electron chi connectivity index (χ0n) is 37.6. The van der Waals surface area contributed by atoms with Gasteiger partial charge in [-0.25, -0.2) is 4.57 Å². The number of carbonyl (C=O) groups excluding carboxylic acids is 2. The highest BCUT2D eigenvalue weighted by atomic mass is 31.2. The highest BCUT2D eigenvalue weighted by Crippen LogP contribution is 2.43. The van der Waals surface area contributed by atoms with Crippen LogP contribution in [0.1, 0.15) is 149 Å². The molecule has 0 rings (SSSR count). The summed E-state index contributed by atoms with van der Waals surface area (Å²) in [7, 11) is 1.38. The molecule has 338 valence electrons. The van der Waals surface area contributed by atoms with Crippen molar-refractivity contribution >= 4 is 19.8 Å². The zero-order valence-corrected chi connectivity index (χ0v) is 38.5. The molecule has 0 aliphatic rings. The molecular formula is C48H83NO9P+. The van der Waals surface area contributed by atoms with Crippen molar-refractivity contribution in [1.29, 1.82) is 0 Å². The van der Waals surface area contributed by atoms with Crippen molar-refractivity contribution < 1.29 is 47.2 Å². The number of phosphoric ester groups is 1. The topological polar surface area (TPSA) is 129 Å². The SMILES string of the molecule is CC/C=C\C/C=C\CC(O)/C=C/C=C\C/C=C\CCCC(=O)O[C@H](COC(=O)CCCCCCCCC/C=C\C/C=C\CCCCC)COP(=O)(O)OCC[N+](C)(C)C. The summed E-state index contributed by atoms with van der Waals surface area (Å²) >= 11 is 0. The minimum absolute atomic E-state index is 0.00397. The first-order valence-corrected chi connectivity index (χ1v) is 23.9. The standard InChI is InChI=1S/C48H82NO9P/c1-6-8-10-12-14-15-16-17-18-19-20-21-22-23-27-31-35-39-47(51)55-43-46(44-57-59(53,54)56-42-41-49(3,4)5)58-48(52)40-36-32-28-25-24-26-30-34-38-45(50)37-33-29-13-11-9-7-2/h9,11,14-15,17-18,25-26,28-30,33-34,38,45-46,50H,6-8,10,12-13,16,19-24,27,31-32,35-37,39-44H2,1-5H3/p+1/b11-9-,15-14-,18-17-,28-25-,30-26-,33-29-,38-34+/t45?,46-/m1/s1. The Labute approximate surface area is 359 Å². The van der Waals surface area contributed by atoms with E-state index in [1.165, 1.54) is 44.9 Å². The quantitative estimate of drug-likeness (QED) is 0.0155. The Hall–Kier alpha value is -2.85. The van der Waals surface area contributed by atoms with E-state index in [0.717, 1.165) is 44.9 Å². The monoisotopic (exact) mass is 849 g/mol. The minimum Gasteiger partial charge on any atom is -0.462 e. The molecule has 10 nitrogen and oxygen atoms in total. The Balaban J connectivity index is 4.54. The number of quaternary nitrogens is 1. The smallest absolute Gasteiger partial charge is 0.462 e. The molecular weight excluding hydrogens is 766 g/mol. The third kappa shape index (κ3) is 43.1. The van der Waals surface area contributed by atoms with E-state index in [1.54, 1.807) is 6.08 Å². The van der Waals surface area contributed by atoms with Gasteiger partial charge in [-0.15, -0.1) is 0 Å². The van der Waals surface area contributed by atoms with E-state index in [-0.39, 0.29) is 26.1 Å². The van der Waals surface area contributed by atoms with Crippen LogP contribution in [0.2, 0.25) is 0 Å². The van der Waals surface area contributed by atoms with E-state index in [0.29, 0.717) is 43.1 Å². The van der Waals surface area contributed by atoms with Gasteiger partial charge in [0.25, 0.3) is 0 Å². The zero-order chi connectivity index (χ0) is 43.7. The van der Waals surface area contributed by atoms with Crippen molar-refractivity contribution in [1.82, 2.24) is 0 Å². The lowest BCUT2D eigenvalue weighted by molar-refractivity contribution is -0.870. The summed E-state index contributed by atoms with van der Waals surface area (Å²) in [6, 6.07) is 0. The van der Waals surface area contributed by atoms with Crippen molar-refractivity contribution in [2.45, 2.75) is 161 Å². The average molecular weight is 849 g/mol. The number of ether oxygens (including phenoxy) is 2. The molecule has 2 N–H and O–H groups in total. The summed E-state index contributed by atoms with van der Waals surface area (Å²) in [4.78, 5) is 35.4. The van der Waals surface area contributed by atoms with Crippen molar-refractivity contribution in [2.75, 3.05) is 47.5 Å². The second kappa shape index (κ2) is 39.3. The van der Waals surface area contributed by atoms with Crippen LogP contribution < -0.4 is 0 Å². The molecule has 0 bridgehead atoms. The number of phosphoric acid groups is 1. The first-order chi connectivity index (χ1) is 28.4. The number of esters is 2. The predicted octanol–water partition coefficient (Wildman–Crippen LogP) is 11.8. The number of aliphatic hydroxyl groups excluding tert-OH is 1. The van der Waals surface area contributed by atoms with Gasteiger partial charge in [-0.1, -0.05) is 144 Å². The van der Waals surface area contributed by atoms with E-state index >= 15 is 0 Å². The van der Waals surface area contributed by atoms with Crippen molar-refractivity contribution in [3.05, 3.63) is 85.1 Å². The lowest BCUT2D eigenvalue weighted by Gasteiger charge is -2.24. The van der Waals surface area contributed by atoms with Gasteiger partial charge in [-0.2, -0.15) is 0 Å². The van der Waals surface area contributed by atoms with Crippen molar-refractivity contribution in [3.63, 3.8) is 0 Å². The van der Waals surface area contributed by atoms with Crippen LogP contribution in [-0.4, -0.2) is 86.1 Å². The molecule has 2 unspecified atom stereocenters. The highest BCUT2D eigenvalue weighted by molar-refractivity contribution is 7.47. The van der Waals surface area contributed by atoms with E-state index in [9.17, 15) is 24.2 Å². The predicted molar refractivity (Wildman–Crippen MR) is 244 cm³/mol. The second-order valence-electron chi connectivity index (χ2n) is 15.9. The Morgan fingerprint density at radius 2 is 1.19 bits per heavy atom. The number of aliphatic hydroxyl groups is 1. The van der Waals surface area contributed by atoms with Crippen LogP contribution >= 0.6 is 7.82 Å². The Morgan fingerprint density at radius 1 is 0.627 bits per heavy atom. The summed E-state index contributed by atoms with van der Waals surface area (Å²) in [5.41, 5.74) is 0. The largest absolute Gasteiger partial charge is 0.472 e. The summed E-state index contributed by atoms with van der Waals surface area (Å²) in [5.74, 6) is -0.923. The lowest BCUT2D eigenvalue weighted by Crippen LogP contribution is -2.37. The number of hydrogen-bond acceptors (Lipinski definition) is 8. The second-order valence-corrected chi connectivity index (χ2v) is 17.3. The third-order valence-electron chi connectivity index (χ3n) is 8.99. The van der Waals surface area contributed by atoms with Gasteiger partial charge >= 0.3 is 19.8 Å². The normalized spacial score (nSPS) is 14.9. The van der Waals surface area contributed by atoms with Crippen LogP contribution in [0.5, 0.6) is 0 Å². The summed E-state index contributed by atoms with van der Waals surface area (Å²) < 4.78 is 34.2. The summed E-state index contributed by atoms with van der Waals surface area (Å²) in [5, 5.41) is 10.0. The minimum atomic E-state index is -4.41. The van der Waals surface area contributed by atoms with Crippen molar-refractivity contribution in [2.24, 2.45) is 0 Å². The fourth-order valence-electron chi connectivity index (χ4n) is 5.46. The maximum Gasteiger partial charge on any atom is 0.472 e. The van der Waals surface area contributed by atoms with Gasteiger partial charge in [0.1, 0.15) is 19.8 Å². The van der Waals surface area contributed by atoms with Crippen LogP contribution in [0.25, 0.3) is 0 Å². The van der Waals surface area contributed by atoms with Gasteiger partial charge < -0.3 is 24.0 Å². The van der Waals surface area contributed by atoms with Crippen molar-refractivity contribution in [3.8, 4) is 0 Å². The third-order valence-corrected chi connectivity index (χ3v) is 9.97. The number of rotatable bonds is 39. The fourth-order valence-corrected chi connectivity index (χ4v) is 6.20. The Morgan fingerprint density at radius 3 is 1.83 bits per heavy atom. The lowest BCUT2D eigenvalue weighted by atomic mass is 10.1. The molecule has 0 aromatic carbocycles. The summed E-state index contributed by atoms with van der Waals surface area (Å²) in [6.45, 7) is 4.09. The van der Waals surface area contributed by atoms with E-state index in [4.69, 9.17) is 18.5 Å². The molecule has 3 atom stereocenters. The van der Waals surface area contributed by atoms with Gasteiger partial charge in [-0.3, -0.25) is 18.6 Å². The maximum atomic E-state index is 12.7. The fraction of sp³-hybridized carbons (Fsp3) is 0.667. The number of nitrogens with zero attached hydrogens (tertiary/aromatic N) is 1. The van der Waals surface area contributed by atoms with Crippen LogP contribution in [0.15, 0.2) is 85.1 Å². The highest BCUT2D eigenvalue weighted by Gasteiger charge is 2.27. The number of likely N-dealkylation sites (N-methyl/N-ethyl adjacent to an activating group) is 1. The van der Waals surface area contributed by atoms with E-state index < -0.39 is 38.6 Å². The molecule has 0 radical (unpaired) electrons. The van der Waals surface area contributed by atoms with Gasteiger partial charge in [0.05, 0.1) is 33.9 Å². The first kappa shape index (κ1) is 56.1. The van der Waals surface area contributed by atoms with Gasteiger partial charge in [0.2, 0.25) is 0 Å². The van der Waals surface area contributed by atoms with E-state index in [2.05, 4.69) is 56.4 Å². The summed E-state index contributed by atoms with van der Waals surface area (Å²) in [6.07, 6.45) is 46.6. The molecule has 11 heteroatoms. The van der Waals surface area contributed by atoms with E-state index in [1.807, 2.05) is 57.6 Å². The molecule has 0 aromatic rings.